The fraction of sp³-hybridized carbons (Fsp3) is 0.174. The molecule has 2 aromatic heterocycles. The molecule has 0 saturated heterocycles. The number of carbonyl (C=O) groups is 1. The molecule has 1 atom stereocenters. The standard InChI is InChI=1S/C23H22N4O3S/c1-24-22(29)20-12-18(9-10-25-20)30-17-7-8-19-21(13-17)31-23(27-19)26-16(14-28)11-15-5-3-2-4-6-15/h2-10,12-13,16,28H,11,14H2,1H3,(H,24,29)(H,26,27)/t16-/m1/s1. The largest absolute Gasteiger partial charge is 0.457 e. The molecule has 2 heterocycles. The molecule has 0 saturated carbocycles. The third kappa shape index (κ3) is 5.17. The first-order valence-electron chi connectivity index (χ1n) is 9.82. The number of hydrogen-bond donors (Lipinski definition) is 3. The van der Waals surface area contributed by atoms with E-state index in [0.717, 1.165) is 20.9 Å². The van der Waals surface area contributed by atoms with Crippen molar-refractivity contribution in [1.29, 1.82) is 0 Å². The van der Waals surface area contributed by atoms with Crippen LogP contribution in [0, 0.1) is 0 Å². The highest BCUT2D eigenvalue weighted by atomic mass is 32.1. The number of pyridine rings is 1. The summed E-state index contributed by atoms with van der Waals surface area (Å²) < 4.78 is 6.87. The van der Waals surface area contributed by atoms with E-state index in [0.29, 0.717) is 23.6 Å². The van der Waals surface area contributed by atoms with Gasteiger partial charge in [0.1, 0.15) is 17.2 Å². The Morgan fingerprint density at radius 3 is 2.71 bits per heavy atom. The van der Waals surface area contributed by atoms with E-state index < -0.39 is 0 Å². The number of aromatic nitrogens is 2. The number of ether oxygens (including phenoxy) is 1. The van der Waals surface area contributed by atoms with E-state index >= 15 is 0 Å². The number of aliphatic hydroxyl groups is 1. The molecular formula is C23H22N4O3S. The Balaban J connectivity index is 1.48. The van der Waals surface area contributed by atoms with Crippen molar-refractivity contribution < 1.29 is 14.6 Å². The van der Waals surface area contributed by atoms with Crippen LogP contribution in [0.2, 0.25) is 0 Å². The molecule has 0 bridgehead atoms. The zero-order valence-electron chi connectivity index (χ0n) is 16.9. The van der Waals surface area contributed by atoms with Crippen LogP contribution in [-0.4, -0.2) is 40.7 Å². The van der Waals surface area contributed by atoms with Gasteiger partial charge in [-0.15, -0.1) is 0 Å². The van der Waals surface area contributed by atoms with Crippen molar-refractivity contribution >= 4 is 32.6 Å². The lowest BCUT2D eigenvalue weighted by atomic mass is 10.1. The summed E-state index contributed by atoms with van der Waals surface area (Å²) in [6.07, 6.45) is 2.24. The van der Waals surface area contributed by atoms with Gasteiger partial charge in [-0.1, -0.05) is 41.7 Å². The Bertz CT molecular complexity index is 1180. The number of amides is 1. The minimum absolute atomic E-state index is 0.00882. The van der Waals surface area contributed by atoms with Crippen molar-refractivity contribution in [2.75, 3.05) is 19.0 Å². The third-order valence-corrected chi connectivity index (χ3v) is 5.61. The Hall–Kier alpha value is -3.49. The van der Waals surface area contributed by atoms with Crippen LogP contribution >= 0.6 is 11.3 Å². The van der Waals surface area contributed by atoms with E-state index in [9.17, 15) is 9.90 Å². The minimum atomic E-state index is -0.270. The van der Waals surface area contributed by atoms with Crippen molar-refractivity contribution in [2.24, 2.45) is 0 Å². The molecule has 0 aliphatic carbocycles. The molecule has 0 radical (unpaired) electrons. The highest BCUT2D eigenvalue weighted by Gasteiger charge is 2.13. The van der Waals surface area contributed by atoms with E-state index in [-0.39, 0.29) is 18.6 Å². The van der Waals surface area contributed by atoms with Crippen LogP contribution < -0.4 is 15.4 Å². The molecule has 0 fully saturated rings. The van der Waals surface area contributed by atoms with Crippen molar-refractivity contribution in [2.45, 2.75) is 12.5 Å². The van der Waals surface area contributed by atoms with Crippen molar-refractivity contribution in [1.82, 2.24) is 15.3 Å². The van der Waals surface area contributed by atoms with Gasteiger partial charge in [-0.3, -0.25) is 9.78 Å². The van der Waals surface area contributed by atoms with Crippen LogP contribution in [0.3, 0.4) is 0 Å². The lowest BCUT2D eigenvalue weighted by Gasteiger charge is -2.15. The van der Waals surface area contributed by atoms with Gasteiger partial charge in [0.25, 0.3) is 5.91 Å². The number of nitrogens with zero attached hydrogens (tertiary/aromatic N) is 2. The predicted octanol–water partition coefficient (Wildman–Crippen LogP) is 3.86. The van der Waals surface area contributed by atoms with Crippen LogP contribution in [0.1, 0.15) is 16.1 Å². The molecule has 31 heavy (non-hydrogen) atoms. The predicted molar refractivity (Wildman–Crippen MR) is 122 cm³/mol. The van der Waals surface area contributed by atoms with Crippen LogP contribution in [0.15, 0.2) is 66.9 Å². The Morgan fingerprint density at radius 2 is 1.94 bits per heavy atom. The average Bonchev–Trinajstić information content (AvgIpc) is 3.20. The van der Waals surface area contributed by atoms with Gasteiger partial charge in [-0.2, -0.15) is 0 Å². The summed E-state index contributed by atoms with van der Waals surface area (Å²) in [6.45, 7) is 0.00882. The summed E-state index contributed by atoms with van der Waals surface area (Å²) in [5.41, 5.74) is 2.29. The van der Waals surface area contributed by atoms with Gasteiger partial charge in [0, 0.05) is 25.4 Å². The van der Waals surface area contributed by atoms with Gasteiger partial charge in [0.2, 0.25) is 0 Å². The second kappa shape index (κ2) is 9.55. The molecule has 2 aromatic carbocycles. The molecule has 0 aliphatic heterocycles. The summed E-state index contributed by atoms with van der Waals surface area (Å²) in [4.78, 5) is 20.4. The number of hydrogen-bond acceptors (Lipinski definition) is 7. The molecule has 4 rings (SSSR count). The van der Waals surface area contributed by atoms with Gasteiger partial charge >= 0.3 is 0 Å². The zero-order valence-corrected chi connectivity index (χ0v) is 17.7. The molecule has 4 aromatic rings. The fourth-order valence-electron chi connectivity index (χ4n) is 3.13. The fourth-order valence-corrected chi connectivity index (χ4v) is 4.10. The lowest BCUT2D eigenvalue weighted by Crippen LogP contribution is -2.26. The van der Waals surface area contributed by atoms with E-state index in [1.807, 2.05) is 48.5 Å². The normalized spacial score (nSPS) is 11.8. The minimum Gasteiger partial charge on any atom is -0.457 e. The maximum atomic E-state index is 11.8. The first kappa shape index (κ1) is 20.8. The van der Waals surface area contributed by atoms with Gasteiger partial charge < -0.3 is 20.5 Å². The molecular weight excluding hydrogens is 412 g/mol. The summed E-state index contributed by atoms with van der Waals surface area (Å²) in [5, 5.41) is 16.4. The van der Waals surface area contributed by atoms with Crippen LogP contribution in [0.25, 0.3) is 10.2 Å². The first-order chi connectivity index (χ1) is 15.1. The molecule has 7 nitrogen and oxygen atoms in total. The van der Waals surface area contributed by atoms with Crippen molar-refractivity contribution in [3.8, 4) is 11.5 Å². The third-order valence-electron chi connectivity index (χ3n) is 4.66. The number of rotatable bonds is 8. The smallest absolute Gasteiger partial charge is 0.269 e. The maximum Gasteiger partial charge on any atom is 0.269 e. The molecule has 8 heteroatoms. The Kier molecular flexibility index (Phi) is 6.40. The number of carbonyl (C=O) groups excluding carboxylic acids is 1. The highest BCUT2D eigenvalue weighted by molar-refractivity contribution is 7.22. The van der Waals surface area contributed by atoms with Crippen molar-refractivity contribution in [3.63, 3.8) is 0 Å². The number of nitrogens with one attached hydrogen (secondary N) is 2. The molecule has 158 valence electrons. The van der Waals surface area contributed by atoms with Gasteiger partial charge in [-0.25, -0.2) is 4.98 Å². The van der Waals surface area contributed by atoms with E-state index in [1.54, 1.807) is 19.2 Å². The number of benzene rings is 2. The van der Waals surface area contributed by atoms with Crippen molar-refractivity contribution in [3.05, 3.63) is 78.1 Å². The second-order valence-electron chi connectivity index (χ2n) is 6.92. The molecule has 0 unspecified atom stereocenters. The van der Waals surface area contributed by atoms with E-state index in [1.165, 1.54) is 17.5 Å². The summed E-state index contributed by atoms with van der Waals surface area (Å²) >= 11 is 1.50. The monoisotopic (exact) mass is 434 g/mol. The first-order valence-corrected chi connectivity index (χ1v) is 10.6. The molecule has 0 aliphatic rings. The number of aliphatic hydroxyl groups excluding tert-OH is 1. The van der Waals surface area contributed by atoms with Gasteiger partial charge in [0.05, 0.1) is 22.9 Å². The number of fused-ring (bicyclic) bond motifs is 1. The summed E-state index contributed by atoms with van der Waals surface area (Å²) in [6, 6.07) is 18.8. The average molecular weight is 435 g/mol. The quantitative estimate of drug-likeness (QED) is 0.390. The lowest BCUT2D eigenvalue weighted by molar-refractivity contribution is 0.0958. The summed E-state index contributed by atoms with van der Waals surface area (Å²) in [7, 11) is 1.56. The Morgan fingerprint density at radius 1 is 1.13 bits per heavy atom. The van der Waals surface area contributed by atoms with Crippen LogP contribution in [0.5, 0.6) is 11.5 Å². The maximum absolute atomic E-state index is 11.8. The highest BCUT2D eigenvalue weighted by Crippen LogP contribution is 2.31. The number of thiazole rings is 1. The van der Waals surface area contributed by atoms with E-state index in [4.69, 9.17) is 4.74 Å². The van der Waals surface area contributed by atoms with Gasteiger partial charge in [-0.05, 0) is 30.2 Å². The zero-order chi connectivity index (χ0) is 21.6. The number of anilines is 1. The van der Waals surface area contributed by atoms with Gasteiger partial charge in [0.15, 0.2) is 5.13 Å². The molecule has 3 N–H and O–H groups in total. The van der Waals surface area contributed by atoms with E-state index in [2.05, 4.69) is 20.6 Å². The molecule has 0 spiro atoms. The second-order valence-corrected chi connectivity index (χ2v) is 7.95. The van der Waals surface area contributed by atoms with Crippen LogP contribution in [-0.2, 0) is 6.42 Å². The topological polar surface area (TPSA) is 96.4 Å². The Labute approximate surface area is 183 Å². The van der Waals surface area contributed by atoms with Crippen LogP contribution in [0.4, 0.5) is 5.13 Å². The SMILES string of the molecule is CNC(=O)c1cc(Oc2ccc3nc(N[C@@H](CO)Cc4ccccc4)sc3c2)ccn1. The molecule has 1 amide bonds. The summed E-state index contributed by atoms with van der Waals surface area (Å²) in [5.74, 6) is 0.895.